The topological polar surface area (TPSA) is 82.3 Å². The Morgan fingerprint density at radius 1 is 1.00 bits per heavy atom. The second-order valence-corrected chi connectivity index (χ2v) is 9.13. The van der Waals surface area contributed by atoms with Crippen LogP contribution in [-0.4, -0.2) is 21.2 Å². The summed E-state index contributed by atoms with van der Waals surface area (Å²) in [6.45, 7) is 2.15. The second-order valence-electron chi connectivity index (χ2n) is 7.29. The molecule has 1 heterocycles. The average molecular weight is 498 g/mol. The molecule has 0 radical (unpaired) electrons. The summed E-state index contributed by atoms with van der Waals surface area (Å²) in [5.41, 5.74) is 3.17. The molecular weight excluding hydrogens is 481 g/mol. The molecule has 0 aliphatic carbocycles. The fourth-order valence-corrected chi connectivity index (χ4v) is 4.32. The minimum Gasteiger partial charge on any atom is -0.507 e. The third-order valence-electron chi connectivity index (χ3n) is 4.82. The van der Waals surface area contributed by atoms with Gasteiger partial charge in [0.05, 0.1) is 22.2 Å². The number of thioether (sulfide) groups is 1. The molecule has 3 aromatic rings. The molecule has 33 heavy (non-hydrogen) atoms. The van der Waals surface area contributed by atoms with Crippen molar-refractivity contribution in [2.75, 3.05) is 0 Å². The summed E-state index contributed by atoms with van der Waals surface area (Å²) in [7, 11) is 0. The molecule has 1 saturated heterocycles. The SMILES string of the molecule is Cc1ccc(CN2C(=O)S/C(=C\c3cc(N=Nc4ccc(Cl)cc4Cl)ccc3O)C2=O)cc1. The number of phenolic OH excluding ortho intramolecular Hbond substituents is 1. The largest absolute Gasteiger partial charge is 0.507 e. The Morgan fingerprint density at radius 3 is 2.48 bits per heavy atom. The lowest BCUT2D eigenvalue weighted by Crippen LogP contribution is -2.27. The van der Waals surface area contributed by atoms with Crippen LogP contribution in [0.4, 0.5) is 16.2 Å². The van der Waals surface area contributed by atoms with Gasteiger partial charge in [-0.3, -0.25) is 14.5 Å². The number of rotatable bonds is 5. The van der Waals surface area contributed by atoms with Crippen molar-refractivity contribution in [3.63, 3.8) is 0 Å². The van der Waals surface area contributed by atoms with Gasteiger partial charge in [-0.2, -0.15) is 5.11 Å². The number of azo groups is 1. The van der Waals surface area contributed by atoms with Crippen LogP contribution in [0.3, 0.4) is 0 Å². The molecule has 1 aliphatic heterocycles. The van der Waals surface area contributed by atoms with E-state index in [1.165, 1.54) is 17.0 Å². The summed E-state index contributed by atoms with van der Waals surface area (Å²) in [5.74, 6) is -0.464. The Balaban J connectivity index is 1.55. The Labute approximate surface area is 204 Å². The van der Waals surface area contributed by atoms with Gasteiger partial charge < -0.3 is 5.11 Å². The summed E-state index contributed by atoms with van der Waals surface area (Å²) < 4.78 is 0. The molecule has 2 amide bonds. The number of hydrogen-bond acceptors (Lipinski definition) is 6. The maximum absolute atomic E-state index is 12.8. The predicted octanol–water partition coefficient (Wildman–Crippen LogP) is 7.66. The van der Waals surface area contributed by atoms with Crippen LogP contribution in [0, 0.1) is 6.92 Å². The van der Waals surface area contributed by atoms with Crippen molar-refractivity contribution in [3.05, 3.63) is 92.3 Å². The van der Waals surface area contributed by atoms with Crippen LogP contribution in [-0.2, 0) is 11.3 Å². The third kappa shape index (κ3) is 5.45. The van der Waals surface area contributed by atoms with E-state index in [0.717, 1.165) is 22.9 Å². The normalized spacial score (nSPS) is 15.2. The lowest BCUT2D eigenvalue weighted by Gasteiger charge is -2.12. The Hall–Kier alpha value is -3.13. The lowest BCUT2D eigenvalue weighted by atomic mass is 10.1. The number of benzene rings is 3. The number of halogens is 2. The molecule has 166 valence electrons. The highest BCUT2D eigenvalue weighted by Crippen LogP contribution is 2.36. The number of carbonyl (C=O) groups excluding carboxylic acids is 2. The molecule has 0 atom stereocenters. The minimum atomic E-state index is -0.412. The third-order valence-corrected chi connectivity index (χ3v) is 6.26. The molecule has 1 fully saturated rings. The van der Waals surface area contributed by atoms with Crippen molar-refractivity contribution in [3.8, 4) is 5.75 Å². The number of aryl methyl sites for hydroxylation is 1. The molecule has 9 heteroatoms. The van der Waals surface area contributed by atoms with E-state index >= 15 is 0 Å². The van der Waals surface area contributed by atoms with Crippen molar-refractivity contribution < 1.29 is 14.7 Å². The molecule has 4 rings (SSSR count). The van der Waals surface area contributed by atoms with Gasteiger partial charge in [-0.05, 0) is 66.7 Å². The maximum atomic E-state index is 12.8. The first-order valence-electron chi connectivity index (χ1n) is 9.81. The molecule has 0 bridgehead atoms. The summed E-state index contributed by atoms with van der Waals surface area (Å²) in [6, 6.07) is 17.1. The smallest absolute Gasteiger partial charge is 0.293 e. The van der Waals surface area contributed by atoms with Crippen LogP contribution in [0.5, 0.6) is 5.75 Å². The number of carbonyl (C=O) groups is 2. The molecule has 0 aromatic heterocycles. The Morgan fingerprint density at radius 2 is 1.76 bits per heavy atom. The zero-order valence-corrected chi connectivity index (χ0v) is 19.7. The van der Waals surface area contributed by atoms with Crippen molar-refractivity contribution in [1.29, 1.82) is 0 Å². The van der Waals surface area contributed by atoms with Gasteiger partial charge >= 0.3 is 0 Å². The predicted molar refractivity (Wildman–Crippen MR) is 131 cm³/mol. The van der Waals surface area contributed by atoms with Gasteiger partial charge in [0, 0.05) is 10.6 Å². The summed E-state index contributed by atoms with van der Waals surface area (Å²) in [6.07, 6.45) is 1.48. The van der Waals surface area contributed by atoms with Crippen LogP contribution in [0.1, 0.15) is 16.7 Å². The first-order chi connectivity index (χ1) is 15.8. The van der Waals surface area contributed by atoms with Gasteiger partial charge in [0.1, 0.15) is 11.4 Å². The molecule has 1 N–H and O–H groups in total. The second kappa shape index (κ2) is 9.79. The quantitative estimate of drug-likeness (QED) is 0.289. The van der Waals surface area contributed by atoms with Crippen molar-refractivity contribution in [2.45, 2.75) is 13.5 Å². The fraction of sp³-hybridized carbons (Fsp3) is 0.0833. The van der Waals surface area contributed by atoms with E-state index in [-0.39, 0.29) is 22.4 Å². The summed E-state index contributed by atoms with van der Waals surface area (Å²) in [4.78, 5) is 26.7. The highest BCUT2D eigenvalue weighted by atomic mass is 35.5. The van der Waals surface area contributed by atoms with E-state index in [1.807, 2.05) is 31.2 Å². The number of nitrogens with zero attached hydrogens (tertiary/aromatic N) is 3. The van der Waals surface area contributed by atoms with E-state index < -0.39 is 5.91 Å². The minimum absolute atomic E-state index is 0.0520. The molecule has 0 unspecified atom stereocenters. The number of phenols is 1. The standard InChI is InChI=1S/C24H17Cl2N3O3S/c1-14-2-4-15(5-3-14)13-29-23(31)22(33-24(29)32)11-16-10-18(7-9-21(16)30)27-28-20-8-6-17(25)12-19(20)26/h2-12,30H,13H2,1H3/b22-11-,28-27?. The van der Waals surface area contributed by atoms with Crippen LogP contribution in [0.2, 0.25) is 10.0 Å². The van der Waals surface area contributed by atoms with E-state index in [9.17, 15) is 14.7 Å². The van der Waals surface area contributed by atoms with Gasteiger partial charge in [-0.1, -0.05) is 53.0 Å². The maximum Gasteiger partial charge on any atom is 0.293 e. The Bertz CT molecular complexity index is 1310. The van der Waals surface area contributed by atoms with Crippen LogP contribution >= 0.6 is 35.0 Å². The van der Waals surface area contributed by atoms with E-state index in [0.29, 0.717) is 27.0 Å². The summed E-state index contributed by atoms with van der Waals surface area (Å²) in [5, 5.41) is 19.0. The van der Waals surface area contributed by atoms with Gasteiger partial charge in [0.15, 0.2) is 0 Å². The van der Waals surface area contributed by atoms with Crippen LogP contribution in [0.15, 0.2) is 75.8 Å². The van der Waals surface area contributed by atoms with Crippen molar-refractivity contribution in [2.24, 2.45) is 10.2 Å². The zero-order valence-electron chi connectivity index (χ0n) is 17.3. The van der Waals surface area contributed by atoms with Gasteiger partial charge in [0.25, 0.3) is 11.1 Å². The van der Waals surface area contributed by atoms with E-state index in [2.05, 4.69) is 10.2 Å². The fourth-order valence-electron chi connectivity index (χ4n) is 3.05. The van der Waals surface area contributed by atoms with Gasteiger partial charge in [0.2, 0.25) is 0 Å². The van der Waals surface area contributed by atoms with E-state index in [4.69, 9.17) is 23.2 Å². The molecule has 0 spiro atoms. The first-order valence-corrected chi connectivity index (χ1v) is 11.4. The first kappa shape index (κ1) is 23.0. The Kier molecular flexibility index (Phi) is 6.83. The number of imide groups is 1. The average Bonchev–Trinajstić information content (AvgIpc) is 3.04. The van der Waals surface area contributed by atoms with Gasteiger partial charge in [-0.25, -0.2) is 0 Å². The monoisotopic (exact) mass is 497 g/mol. The highest BCUT2D eigenvalue weighted by Gasteiger charge is 2.35. The number of hydrogen-bond donors (Lipinski definition) is 1. The molecule has 1 aliphatic rings. The van der Waals surface area contributed by atoms with Crippen molar-refractivity contribution in [1.82, 2.24) is 4.90 Å². The molecule has 0 saturated carbocycles. The van der Waals surface area contributed by atoms with E-state index in [1.54, 1.807) is 30.3 Å². The molecule has 3 aromatic carbocycles. The number of aromatic hydroxyl groups is 1. The molecular formula is C24H17Cl2N3O3S. The van der Waals surface area contributed by atoms with Crippen LogP contribution < -0.4 is 0 Å². The van der Waals surface area contributed by atoms with Crippen LogP contribution in [0.25, 0.3) is 6.08 Å². The number of amides is 2. The lowest BCUT2D eigenvalue weighted by molar-refractivity contribution is -0.123. The van der Waals surface area contributed by atoms with Crippen molar-refractivity contribution >= 4 is 63.6 Å². The highest BCUT2D eigenvalue weighted by molar-refractivity contribution is 8.18. The molecule has 6 nitrogen and oxygen atoms in total. The zero-order chi connectivity index (χ0) is 23.5. The summed E-state index contributed by atoms with van der Waals surface area (Å²) >= 11 is 12.8. The van der Waals surface area contributed by atoms with Gasteiger partial charge in [-0.15, -0.1) is 5.11 Å².